The van der Waals surface area contributed by atoms with Gasteiger partial charge in [-0.25, -0.2) is 0 Å². The summed E-state index contributed by atoms with van der Waals surface area (Å²) in [5.41, 5.74) is 0.710. The van der Waals surface area contributed by atoms with Crippen LogP contribution in [0.15, 0.2) is 18.2 Å². The van der Waals surface area contributed by atoms with E-state index in [1.807, 2.05) is 18.2 Å². The summed E-state index contributed by atoms with van der Waals surface area (Å²) < 4.78 is 11.2. The zero-order valence-electron chi connectivity index (χ0n) is 12.1. The Kier molecular flexibility index (Phi) is 3.95. The number of ketones is 1. The van der Waals surface area contributed by atoms with Crippen LogP contribution in [-0.4, -0.2) is 19.0 Å². The lowest BCUT2D eigenvalue weighted by Crippen LogP contribution is -2.24. The van der Waals surface area contributed by atoms with Gasteiger partial charge in [-0.1, -0.05) is 19.4 Å². The van der Waals surface area contributed by atoms with Crippen LogP contribution in [0.2, 0.25) is 0 Å². The van der Waals surface area contributed by atoms with Crippen LogP contribution in [-0.2, 0) is 0 Å². The highest BCUT2D eigenvalue weighted by Crippen LogP contribution is 2.38. The van der Waals surface area contributed by atoms with Crippen LogP contribution < -0.4 is 9.47 Å². The van der Waals surface area contributed by atoms with E-state index in [0.29, 0.717) is 30.3 Å². The molecular formula is C17H22O3. The normalized spacial score (nSPS) is 25.2. The van der Waals surface area contributed by atoms with Gasteiger partial charge in [-0.05, 0) is 43.7 Å². The van der Waals surface area contributed by atoms with E-state index in [-0.39, 0.29) is 11.7 Å². The first kappa shape index (κ1) is 13.5. The fraction of sp³-hybridized carbons (Fsp3) is 0.588. The molecule has 1 aromatic rings. The molecule has 3 rings (SSSR count). The lowest BCUT2D eigenvalue weighted by Gasteiger charge is -2.28. The van der Waals surface area contributed by atoms with Crippen molar-refractivity contribution in [1.29, 1.82) is 0 Å². The number of fused-ring (bicyclic) bond motifs is 1. The number of rotatable bonds is 3. The summed E-state index contributed by atoms with van der Waals surface area (Å²) in [6, 6.07) is 5.64. The molecule has 0 bridgehead atoms. The van der Waals surface area contributed by atoms with Gasteiger partial charge in [0.15, 0.2) is 17.3 Å². The molecule has 20 heavy (non-hydrogen) atoms. The molecular weight excluding hydrogens is 252 g/mol. The van der Waals surface area contributed by atoms with Crippen molar-refractivity contribution in [2.75, 3.05) is 13.2 Å². The lowest BCUT2D eigenvalue weighted by atomic mass is 9.77. The molecule has 0 atom stereocenters. The number of benzene rings is 1. The Hall–Kier alpha value is -1.51. The van der Waals surface area contributed by atoms with Gasteiger partial charge in [0, 0.05) is 5.92 Å². The van der Waals surface area contributed by atoms with Crippen molar-refractivity contribution in [3.05, 3.63) is 23.8 Å². The van der Waals surface area contributed by atoms with Gasteiger partial charge >= 0.3 is 0 Å². The van der Waals surface area contributed by atoms with Crippen molar-refractivity contribution >= 4 is 5.78 Å². The van der Waals surface area contributed by atoms with Crippen LogP contribution in [0.25, 0.3) is 0 Å². The van der Waals surface area contributed by atoms with Crippen LogP contribution in [0.4, 0.5) is 0 Å². The second kappa shape index (κ2) is 5.86. The average Bonchev–Trinajstić information content (AvgIpc) is 2.54. The Labute approximate surface area is 120 Å². The number of hydrogen-bond acceptors (Lipinski definition) is 3. The molecule has 0 amide bonds. The molecule has 3 nitrogen and oxygen atoms in total. The topological polar surface area (TPSA) is 35.5 Å². The lowest BCUT2D eigenvalue weighted by molar-refractivity contribution is 0.0860. The van der Waals surface area contributed by atoms with E-state index in [4.69, 9.17) is 9.47 Å². The minimum atomic E-state index is 0.162. The summed E-state index contributed by atoms with van der Waals surface area (Å²) in [5.74, 6) is 2.57. The highest BCUT2D eigenvalue weighted by atomic mass is 16.6. The summed E-state index contributed by atoms with van der Waals surface area (Å²) in [6.07, 6.45) is 5.63. The second-order valence-electron chi connectivity index (χ2n) is 5.82. The standard InChI is InChI=1S/C17H22O3/c1-2-12-6-8-13(9-7-12)16(18)14-4-3-5-15-17(14)20-11-10-19-15/h3-5,12-13H,2,6-11H2,1H3. The number of carbonyl (C=O) groups excluding carboxylic acids is 1. The van der Waals surface area contributed by atoms with Gasteiger partial charge < -0.3 is 9.47 Å². The number of para-hydroxylation sites is 1. The first-order valence-electron chi connectivity index (χ1n) is 7.72. The van der Waals surface area contributed by atoms with E-state index >= 15 is 0 Å². The van der Waals surface area contributed by atoms with Crippen LogP contribution in [0.1, 0.15) is 49.4 Å². The average molecular weight is 274 g/mol. The minimum absolute atomic E-state index is 0.162. The number of ether oxygens (including phenoxy) is 2. The van der Waals surface area contributed by atoms with Crippen molar-refractivity contribution in [3.8, 4) is 11.5 Å². The molecule has 0 unspecified atom stereocenters. The summed E-state index contributed by atoms with van der Waals surface area (Å²) in [4.78, 5) is 12.7. The molecule has 0 N–H and O–H groups in total. The Balaban J connectivity index is 1.78. The highest BCUT2D eigenvalue weighted by molar-refractivity contribution is 6.01. The maximum Gasteiger partial charge on any atom is 0.172 e. The molecule has 1 saturated carbocycles. The molecule has 1 aromatic carbocycles. The Morgan fingerprint density at radius 3 is 2.65 bits per heavy atom. The Morgan fingerprint density at radius 2 is 1.90 bits per heavy atom. The van der Waals surface area contributed by atoms with Crippen LogP contribution in [0, 0.1) is 11.8 Å². The van der Waals surface area contributed by atoms with E-state index in [1.165, 1.54) is 19.3 Å². The molecule has 0 aromatic heterocycles. The third-order valence-electron chi connectivity index (χ3n) is 4.63. The fourth-order valence-electron chi connectivity index (χ4n) is 3.32. The summed E-state index contributed by atoms with van der Waals surface area (Å²) in [7, 11) is 0. The maximum absolute atomic E-state index is 12.7. The van der Waals surface area contributed by atoms with Crippen molar-refractivity contribution in [2.24, 2.45) is 11.8 Å². The minimum Gasteiger partial charge on any atom is -0.486 e. The summed E-state index contributed by atoms with van der Waals surface area (Å²) >= 11 is 0. The highest BCUT2D eigenvalue weighted by Gasteiger charge is 2.29. The largest absolute Gasteiger partial charge is 0.486 e. The molecule has 0 saturated heterocycles. The Bertz CT molecular complexity index is 487. The predicted octanol–water partition coefficient (Wildman–Crippen LogP) is 3.86. The van der Waals surface area contributed by atoms with Gasteiger partial charge in [-0.15, -0.1) is 0 Å². The van der Waals surface area contributed by atoms with E-state index in [0.717, 1.165) is 18.8 Å². The predicted molar refractivity (Wildman–Crippen MR) is 77.5 cm³/mol. The molecule has 3 heteroatoms. The van der Waals surface area contributed by atoms with Crippen molar-refractivity contribution in [2.45, 2.75) is 39.0 Å². The van der Waals surface area contributed by atoms with Crippen molar-refractivity contribution < 1.29 is 14.3 Å². The molecule has 0 spiro atoms. The van der Waals surface area contributed by atoms with Gasteiger partial charge in [-0.2, -0.15) is 0 Å². The molecule has 108 valence electrons. The quantitative estimate of drug-likeness (QED) is 0.785. The van der Waals surface area contributed by atoms with E-state index in [2.05, 4.69) is 6.92 Å². The number of hydrogen-bond donors (Lipinski definition) is 0. The molecule has 1 heterocycles. The van der Waals surface area contributed by atoms with E-state index < -0.39 is 0 Å². The Morgan fingerprint density at radius 1 is 1.15 bits per heavy atom. The fourth-order valence-corrected chi connectivity index (χ4v) is 3.32. The third-order valence-corrected chi connectivity index (χ3v) is 4.63. The second-order valence-corrected chi connectivity index (χ2v) is 5.82. The third kappa shape index (κ3) is 2.54. The van der Waals surface area contributed by atoms with Gasteiger partial charge in [0.1, 0.15) is 13.2 Å². The van der Waals surface area contributed by atoms with Crippen molar-refractivity contribution in [1.82, 2.24) is 0 Å². The van der Waals surface area contributed by atoms with Crippen molar-refractivity contribution in [3.63, 3.8) is 0 Å². The summed E-state index contributed by atoms with van der Waals surface area (Å²) in [5, 5.41) is 0. The first-order valence-corrected chi connectivity index (χ1v) is 7.72. The van der Waals surface area contributed by atoms with Gasteiger partial charge in [0.25, 0.3) is 0 Å². The van der Waals surface area contributed by atoms with Crippen LogP contribution in [0.5, 0.6) is 11.5 Å². The zero-order chi connectivity index (χ0) is 13.9. The van der Waals surface area contributed by atoms with Crippen LogP contribution in [0.3, 0.4) is 0 Å². The van der Waals surface area contributed by atoms with Gasteiger partial charge in [-0.3, -0.25) is 4.79 Å². The molecule has 1 aliphatic heterocycles. The van der Waals surface area contributed by atoms with E-state index in [9.17, 15) is 4.79 Å². The molecule has 1 aliphatic carbocycles. The van der Waals surface area contributed by atoms with Gasteiger partial charge in [0.2, 0.25) is 0 Å². The van der Waals surface area contributed by atoms with E-state index in [1.54, 1.807) is 0 Å². The van der Waals surface area contributed by atoms with Crippen LogP contribution >= 0.6 is 0 Å². The SMILES string of the molecule is CCC1CCC(C(=O)c2cccc3c2OCCO3)CC1. The number of Topliss-reactive ketones (excluding diaryl/α,β-unsaturated/α-hetero) is 1. The monoisotopic (exact) mass is 274 g/mol. The number of carbonyl (C=O) groups is 1. The molecule has 2 aliphatic rings. The first-order chi connectivity index (χ1) is 9.79. The molecule has 0 radical (unpaired) electrons. The molecule has 1 fully saturated rings. The zero-order valence-corrected chi connectivity index (χ0v) is 12.1. The smallest absolute Gasteiger partial charge is 0.172 e. The maximum atomic E-state index is 12.7. The summed E-state index contributed by atoms with van der Waals surface area (Å²) in [6.45, 7) is 3.33. The van der Waals surface area contributed by atoms with Gasteiger partial charge in [0.05, 0.1) is 5.56 Å².